The highest BCUT2D eigenvalue weighted by atomic mass is 16.3. The molecule has 0 bridgehead atoms. The molecule has 2 fully saturated rings. The summed E-state index contributed by atoms with van der Waals surface area (Å²) in [6, 6.07) is -0.296. The number of aliphatic hydroxyl groups is 1. The molecule has 2 aliphatic rings. The molecule has 14 heavy (non-hydrogen) atoms. The molecular formula is C9H14N2O3. The van der Waals surface area contributed by atoms with Crippen molar-refractivity contribution in [2.75, 3.05) is 13.1 Å². The molecule has 2 aliphatic heterocycles. The first-order chi connectivity index (χ1) is 6.66. The molecule has 2 N–H and O–H groups in total. The van der Waals surface area contributed by atoms with Crippen molar-refractivity contribution < 1.29 is 14.7 Å². The lowest BCUT2D eigenvalue weighted by Crippen LogP contribution is -2.46. The Hall–Kier alpha value is -0.940. The number of hydrogen-bond acceptors (Lipinski definition) is 4. The highest BCUT2D eigenvalue weighted by Gasteiger charge is 2.36. The summed E-state index contributed by atoms with van der Waals surface area (Å²) in [6.07, 6.45) is 1.41. The standard InChI is InChI=1S/C9H14N2O3/c12-6-1-3-11(4-2-6)7-5-8(13)10-9(7)14/h6-7,12H,1-5H2,(H,10,13,14). The van der Waals surface area contributed by atoms with Crippen molar-refractivity contribution in [1.29, 1.82) is 0 Å². The van der Waals surface area contributed by atoms with Crippen molar-refractivity contribution in [3.63, 3.8) is 0 Å². The van der Waals surface area contributed by atoms with Crippen LogP contribution in [0.1, 0.15) is 19.3 Å². The van der Waals surface area contributed by atoms with Gasteiger partial charge in [0.1, 0.15) is 0 Å². The zero-order chi connectivity index (χ0) is 10.1. The van der Waals surface area contributed by atoms with Crippen LogP contribution in [0.5, 0.6) is 0 Å². The summed E-state index contributed by atoms with van der Waals surface area (Å²) in [5, 5.41) is 11.6. The van der Waals surface area contributed by atoms with Crippen molar-refractivity contribution in [3.8, 4) is 0 Å². The predicted octanol–water partition coefficient (Wildman–Crippen LogP) is -1.14. The Bertz CT molecular complexity index is 259. The molecule has 0 aromatic rings. The van der Waals surface area contributed by atoms with E-state index >= 15 is 0 Å². The van der Waals surface area contributed by atoms with E-state index in [0.29, 0.717) is 25.9 Å². The second kappa shape index (κ2) is 3.67. The number of amides is 2. The van der Waals surface area contributed by atoms with E-state index in [-0.39, 0.29) is 30.4 Å². The van der Waals surface area contributed by atoms with Gasteiger partial charge in [0, 0.05) is 13.1 Å². The van der Waals surface area contributed by atoms with Gasteiger partial charge in [0.2, 0.25) is 11.8 Å². The zero-order valence-electron chi connectivity index (χ0n) is 7.90. The Morgan fingerprint density at radius 2 is 1.93 bits per heavy atom. The minimum atomic E-state index is -0.296. The summed E-state index contributed by atoms with van der Waals surface area (Å²) in [7, 11) is 0. The van der Waals surface area contributed by atoms with Crippen molar-refractivity contribution in [3.05, 3.63) is 0 Å². The maximum atomic E-state index is 11.3. The van der Waals surface area contributed by atoms with Crippen LogP contribution in [0.3, 0.4) is 0 Å². The molecule has 1 atom stereocenters. The smallest absolute Gasteiger partial charge is 0.244 e. The molecule has 2 heterocycles. The number of carbonyl (C=O) groups excluding carboxylic acids is 2. The van der Waals surface area contributed by atoms with E-state index in [0.717, 1.165) is 0 Å². The van der Waals surface area contributed by atoms with Gasteiger partial charge < -0.3 is 5.11 Å². The van der Waals surface area contributed by atoms with Gasteiger partial charge in [-0.1, -0.05) is 0 Å². The summed E-state index contributed by atoms with van der Waals surface area (Å²) in [5.74, 6) is -0.377. The zero-order valence-corrected chi connectivity index (χ0v) is 7.90. The molecular weight excluding hydrogens is 184 g/mol. The third-order valence-electron chi connectivity index (χ3n) is 2.88. The Balaban J connectivity index is 1.95. The van der Waals surface area contributed by atoms with Crippen LogP contribution in [0.2, 0.25) is 0 Å². The molecule has 0 radical (unpaired) electrons. The van der Waals surface area contributed by atoms with E-state index in [4.69, 9.17) is 0 Å². The number of rotatable bonds is 1. The first-order valence-corrected chi connectivity index (χ1v) is 4.92. The number of piperidine rings is 1. The molecule has 5 heteroatoms. The molecule has 0 aromatic heterocycles. The molecule has 1 unspecified atom stereocenters. The molecule has 5 nitrogen and oxygen atoms in total. The number of nitrogens with one attached hydrogen (secondary N) is 1. The molecule has 2 saturated heterocycles. The van der Waals surface area contributed by atoms with Crippen LogP contribution in [-0.2, 0) is 9.59 Å². The monoisotopic (exact) mass is 198 g/mol. The highest BCUT2D eigenvalue weighted by Crippen LogP contribution is 2.17. The number of likely N-dealkylation sites (tertiary alicyclic amines) is 1. The summed E-state index contributed by atoms with van der Waals surface area (Å²) < 4.78 is 0. The van der Waals surface area contributed by atoms with Gasteiger partial charge in [-0.3, -0.25) is 19.8 Å². The topological polar surface area (TPSA) is 69.6 Å². The largest absolute Gasteiger partial charge is 0.393 e. The van der Waals surface area contributed by atoms with Crippen molar-refractivity contribution in [2.45, 2.75) is 31.4 Å². The van der Waals surface area contributed by atoms with Gasteiger partial charge >= 0.3 is 0 Å². The van der Waals surface area contributed by atoms with E-state index in [1.54, 1.807) is 0 Å². The molecule has 2 rings (SSSR count). The number of imide groups is 1. The van der Waals surface area contributed by atoms with Gasteiger partial charge in [0.25, 0.3) is 0 Å². The van der Waals surface area contributed by atoms with Gasteiger partial charge in [0.15, 0.2) is 0 Å². The van der Waals surface area contributed by atoms with Crippen LogP contribution in [0.4, 0.5) is 0 Å². The average molecular weight is 198 g/mol. The summed E-state index contributed by atoms with van der Waals surface area (Å²) in [4.78, 5) is 24.3. The van der Waals surface area contributed by atoms with Crippen molar-refractivity contribution >= 4 is 11.8 Å². The van der Waals surface area contributed by atoms with Gasteiger partial charge in [0.05, 0.1) is 18.6 Å². The van der Waals surface area contributed by atoms with Crippen LogP contribution in [0, 0.1) is 0 Å². The van der Waals surface area contributed by atoms with E-state index in [2.05, 4.69) is 5.32 Å². The molecule has 0 aromatic carbocycles. The van der Waals surface area contributed by atoms with Crippen LogP contribution < -0.4 is 5.32 Å². The van der Waals surface area contributed by atoms with E-state index in [1.165, 1.54) is 0 Å². The normalized spacial score (nSPS) is 30.8. The first-order valence-electron chi connectivity index (χ1n) is 4.92. The van der Waals surface area contributed by atoms with E-state index < -0.39 is 0 Å². The molecule has 2 amide bonds. The molecule has 0 spiro atoms. The number of aliphatic hydroxyl groups excluding tert-OH is 1. The number of carbonyl (C=O) groups is 2. The fourth-order valence-corrected chi connectivity index (χ4v) is 2.03. The van der Waals surface area contributed by atoms with Gasteiger partial charge in [-0.25, -0.2) is 0 Å². The summed E-state index contributed by atoms with van der Waals surface area (Å²) in [6.45, 7) is 1.40. The fraction of sp³-hybridized carbons (Fsp3) is 0.778. The molecule has 78 valence electrons. The lowest BCUT2D eigenvalue weighted by atomic mass is 10.1. The summed E-state index contributed by atoms with van der Waals surface area (Å²) in [5.41, 5.74) is 0. The van der Waals surface area contributed by atoms with Gasteiger partial charge in [-0.15, -0.1) is 0 Å². The Morgan fingerprint density at radius 3 is 2.43 bits per heavy atom. The average Bonchev–Trinajstić information content (AvgIpc) is 2.47. The van der Waals surface area contributed by atoms with Crippen molar-refractivity contribution in [2.24, 2.45) is 0 Å². The minimum Gasteiger partial charge on any atom is -0.393 e. The first kappa shape index (κ1) is 9.61. The van der Waals surface area contributed by atoms with Crippen LogP contribution in [0.25, 0.3) is 0 Å². The fourth-order valence-electron chi connectivity index (χ4n) is 2.03. The lowest BCUT2D eigenvalue weighted by molar-refractivity contribution is -0.126. The second-order valence-corrected chi connectivity index (χ2v) is 3.90. The molecule has 0 saturated carbocycles. The Kier molecular flexibility index (Phi) is 2.52. The van der Waals surface area contributed by atoms with Crippen molar-refractivity contribution in [1.82, 2.24) is 10.2 Å². The van der Waals surface area contributed by atoms with Crippen LogP contribution in [-0.4, -0.2) is 47.1 Å². The second-order valence-electron chi connectivity index (χ2n) is 3.90. The third-order valence-corrected chi connectivity index (χ3v) is 2.88. The summed E-state index contributed by atoms with van der Waals surface area (Å²) >= 11 is 0. The predicted molar refractivity (Wildman–Crippen MR) is 48.4 cm³/mol. The molecule has 0 aliphatic carbocycles. The maximum absolute atomic E-state index is 11.3. The maximum Gasteiger partial charge on any atom is 0.244 e. The Labute approximate surface area is 82.1 Å². The number of hydrogen-bond donors (Lipinski definition) is 2. The van der Waals surface area contributed by atoms with Crippen LogP contribution >= 0.6 is 0 Å². The number of nitrogens with zero attached hydrogens (tertiary/aromatic N) is 1. The highest BCUT2D eigenvalue weighted by molar-refractivity contribution is 6.05. The van der Waals surface area contributed by atoms with Crippen LogP contribution in [0.15, 0.2) is 0 Å². The van der Waals surface area contributed by atoms with E-state index in [9.17, 15) is 14.7 Å². The minimum absolute atomic E-state index is 0.189. The lowest BCUT2D eigenvalue weighted by Gasteiger charge is -2.32. The van der Waals surface area contributed by atoms with Gasteiger partial charge in [-0.2, -0.15) is 0 Å². The Morgan fingerprint density at radius 1 is 1.29 bits per heavy atom. The SMILES string of the molecule is O=C1CC(N2CCC(O)CC2)C(=O)N1. The van der Waals surface area contributed by atoms with Gasteiger partial charge in [-0.05, 0) is 12.8 Å². The quantitative estimate of drug-likeness (QED) is 0.522. The third kappa shape index (κ3) is 1.78. The van der Waals surface area contributed by atoms with E-state index in [1.807, 2.05) is 4.90 Å².